The molecule has 37 heavy (non-hydrogen) atoms. The van der Waals surface area contributed by atoms with Crippen molar-refractivity contribution in [1.82, 2.24) is 15.1 Å². The van der Waals surface area contributed by atoms with E-state index in [2.05, 4.69) is 22.3 Å². The number of nitrogens with one attached hydrogen (secondary N) is 1. The van der Waals surface area contributed by atoms with Gasteiger partial charge in [0.1, 0.15) is 11.8 Å². The smallest absolute Gasteiger partial charge is 0.255 e. The summed E-state index contributed by atoms with van der Waals surface area (Å²) in [6.45, 7) is 3.87. The first-order valence-electron chi connectivity index (χ1n) is 13.0. The number of imide groups is 1. The zero-order chi connectivity index (χ0) is 25.8. The highest BCUT2D eigenvalue weighted by molar-refractivity contribution is 6.05. The predicted molar refractivity (Wildman–Crippen MR) is 137 cm³/mol. The van der Waals surface area contributed by atoms with Gasteiger partial charge in [-0.2, -0.15) is 0 Å². The molecule has 5 rings (SSSR count). The first kappa shape index (κ1) is 24.8. The second-order valence-corrected chi connectivity index (χ2v) is 9.69. The molecule has 4 amide bonds. The Kier molecular flexibility index (Phi) is 7.39. The van der Waals surface area contributed by atoms with Crippen LogP contribution >= 0.6 is 0 Å². The second-order valence-electron chi connectivity index (χ2n) is 9.69. The van der Waals surface area contributed by atoms with Gasteiger partial charge < -0.3 is 19.4 Å². The SMILES string of the molecule is O=C1CCC(N2Cc3c(OCCCCC(=O)N4CCN(c5ccccc5)CC4)cccc3C2=O)C(=O)N1. The van der Waals surface area contributed by atoms with Crippen molar-refractivity contribution in [2.45, 2.75) is 44.7 Å². The zero-order valence-electron chi connectivity index (χ0n) is 20.9. The number of hydrogen-bond donors (Lipinski definition) is 1. The maximum atomic E-state index is 12.9. The van der Waals surface area contributed by atoms with Crippen molar-refractivity contribution in [3.05, 3.63) is 59.7 Å². The van der Waals surface area contributed by atoms with Crippen LogP contribution in [-0.2, 0) is 20.9 Å². The van der Waals surface area contributed by atoms with Crippen LogP contribution in [0.15, 0.2) is 48.5 Å². The molecule has 3 aliphatic heterocycles. The number of carbonyl (C=O) groups excluding carboxylic acids is 4. The quantitative estimate of drug-likeness (QED) is 0.438. The molecule has 194 valence electrons. The summed E-state index contributed by atoms with van der Waals surface area (Å²) in [5.74, 6) is -0.135. The lowest BCUT2D eigenvalue weighted by atomic mass is 10.0. The van der Waals surface area contributed by atoms with Crippen molar-refractivity contribution in [3.8, 4) is 5.75 Å². The van der Waals surface area contributed by atoms with Gasteiger partial charge in [0.25, 0.3) is 5.91 Å². The van der Waals surface area contributed by atoms with Crippen LogP contribution in [0.25, 0.3) is 0 Å². The Morgan fingerprint density at radius 3 is 2.49 bits per heavy atom. The van der Waals surface area contributed by atoms with Crippen molar-refractivity contribution in [2.75, 3.05) is 37.7 Å². The largest absolute Gasteiger partial charge is 0.493 e. The van der Waals surface area contributed by atoms with E-state index in [0.717, 1.165) is 44.6 Å². The van der Waals surface area contributed by atoms with E-state index in [9.17, 15) is 19.2 Å². The van der Waals surface area contributed by atoms with Crippen molar-refractivity contribution in [1.29, 1.82) is 0 Å². The van der Waals surface area contributed by atoms with Crippen LogP contribution < -0.4 is 15.0 Å². The van der Waals surface area contributed by atoms with Gasteiger partial charge >= 0.3 is 0 Å². The minimum absolute atomic E-state index is 0.179. The van der Waals surface area contributed by atoms with Crippen molar-refractivity contribution < 1.29 is 23.9 Å². The summed E-state index contributed by atoms with van der Waals surface area (Å²) in [4.78, 5) is 55.1. The van der Waals surface area contributed by atoms with Crippen molar-refractivity contribution >= 4 is 29.3 Å². The topological polar surface area (TPSA) is 99.3 Å². The first-order valence-corrected chi connectivity index (χ1v) is 13.0. The molecule has 2 aromatic rings. The summed E-state index contributed by atoms with van der Waals surface area (Å²) < 4.78 is 6.00. The van der Waals surface area contributed by atoms with E-state index >= 15 is 0 Å². The monoisotopic (exact) mass is 504 g/mol. The standard InChI is InChI=1S/C28H32N4O5/c33-25-13-12-23(27(35)29-25)32-19-22-21(28(32)36)9-6-10-24(22)37-18-5-4-11-26(34)31-16-14-30(15-17-31)20-7-2-1-3-8-20/h1-3,6-10,23H,4-5,11-19H2,(H,29,33,35). The number of piperidine rings is 1. The van der Waals surface area contributed by atoms with Crippen molar-refractivity contribution in [2.24, 2.45) is 0 Å². The van der Waals surface area contributed by atoms with E-state index < -0.39 is 11.9 Å². The molecule has 2 aromatic carbocycles. The molecule has 9 heteroatoms. The van der Waals surface area contributed by atoms with Crippen LogP contribution in [0.3, 0.4) is 0 Å². The molecular weight excluding hydrogens is 472 g/mol. The molecule has 2 fully saturated rings. The third kappa shape index (κ3) is 5.45. The van der Waals surface area contributed by atoms with Crippen LogP contribution in [0, 0.1) is 0 Å². The van der Waals surface area contributed by atoms with Gasteiger partial charge in [-0.25, -0.2) is 0 Å². The summed E-state index contributed by atoms with van der Waals surface area (Å²) in [6.07, 6.45) is 2.50. The number of rotatable bonds is 8. The highest BCUT2D eigenvalue weighted by atomic mass is 16.5. The van der Waals surface area contributed by atoms with Crippen LogP contribution in [0.2, 0.25) is 0 Å². The summed E-state index contributed by atoms with van der Waals surface area (Å²) in [6, 6.07) is 15.0. The van der Waals surface area contributed by atoms with Crippen LogP contribution in [-0.4, -0.2) is 72.3 Å². The van der Waals surface area contributed by atoms with Gasteiger partial charge in [0, 0.05) is 55.8 Å². The molecule has 0 aromatic heterocycles. The van der Waals surface area contributed by atoms with E-state index in [1.807, 2.05) is 29.2 Å². The molecular formula is C28H32N4O5. The van der Waals surface area contributed by atoms with Gasteiger partial charge in [-0.15, -0.1) is 0 Å². The van der Waals surface area contributed by atoms with Crippen LogP contribution in [0.4, 0.5) is 5.69 Å². The lowest BCUT2D eigenvalue weighted by molar-refractivity contribution is -0.137. The molecule has 1 atom stereocenters. The molecule has 1 unspecified atom stereocenters. The van der Waals surface area contributed by atoms with E-state index in [4.69, 9.17) is 4.74 Å². The molecule has 3 heterocycles. The average molecular weight is 505 g/mol. The maximum absolute atomic E-state index is 12.9. The lowest BCUT2D eigenvalue weighted by Crippen LogP contribution is -2.52. The Hall–Kier alpha value is -3.88. The molecule has 0 aliphatic carbocycles. The number of piperazine rings is 1. The number of benzene rings is 2. The summed E-state index contributed by atoms with van der Waals surface area (Å²) in [5.41, 5.74) is 2.50. The van der Waals surface area contributed by atoms with Gasteiger partial charge in [0.05, 0.1) is 13.2 Å². The van der Waals surface area contributed by atoms with Gasteiger partial charge in [-0.3, -0.25) is 24.5 Å². The fourth-order valence-corrected chi connectivity index (χ4v) is 5.26. The zero-order valence-corrected chi connectivity index (χ0v) is 20.9. The van der Waals surface area contributed by atoms with Gasteiger partial charge in [-0.1, -0.05) is 24.3 Å². The van der Waals surface area contributed by atoms with E-state index in [0.29, 0.717) is 30.8 Å². The fourth-order valence-electron chi connectivity index (χ4n) is 5.26. The number of amides is 4. The first-order chi connectivity index (χ1) is 18.0. The van der Waals surface area contributed by atoms with E-state index in [-0.39, 0.29) is 30.7 Å². The normalized spacial score (nSPS) is 19.6. The van der Waals surface area contributed by atoms with Crippen LogP contribution in [0.5, 0.6) is 5.75 Å². The van der Waals surface area contributed by atoms with E-state index in [1.165, 1.54) is 10.6 Å². The minimum atomic E-state index is -0.647. The number of para-hydroxylation sites is 1. The van der Waals surface area contributed by atoms with Gasteiger partial charge in [-0.05, 0) is 43.5 Å². The number of ether oxygens (including phenoxy) is 1. The Balaban J connectivity index is 1.06. The fraction of sp³-hybridized carbons (Fsp3) is 0.429. The van der Waals surface area contributed by atoms with E-state index in [1.54, 1.807) is 12.1 Å². The summed E-state index contributed by atoms with van der Waals surface area (Å²) in [5, 5.41) is 2.32. The predicted octanol–water partition coefficient (Wildman–Crippen LogP) is 2.35. The molecule has 0 spiro atoms. The molecule has 0 saturated carbocycles. The summed E-state index contributed by atoms with van der Waals surface area (Å²) in [7, 11) is 0. The Morgan fingerprint density at radius 2 is 1.73 bits per heavy atom. The molecule has 0 bridgehead atoms. The number of fused-ring (bicyclic) bond motifs is 1. The number of hydrogen-bond acceptors (Lipinski definition) is 6. The number of unbranched alkanes of at least 4 members (excludes halogenated alkanes) is 1. The third-order valence-electron chi connectivity index (χ3n) is 7.34. The lowest BCUT2D eigenvalue weighted by Gasteiger charge is -2.36. The third-order valence-corrected chi connectivity index (χ3v) is 7.34. The number of nitrogens with zero attached hydrogens (tertiary/aromatic N) is 3. The minimum Gasteiger partial charge on any atom is -0.493 e. The summed E-state index contributed by atoms with van der Waals surface area (Å²) >= 11 is 0. The molecule has 2 saturated heterocycles. The van der Waals surface area contributed by atoms with Crippen LogP contribution in [0.1, 0.15) is 48.0 Å². The highest BCUT2D eigenvalue weighted by Crippen LogP contribution is 2.33. The Bertz CT molecular complexity index is 1180. The van der Waals surface area contributed by atoms with Gasteiger partial charge in [0.15, 0.2) is 0 Å². The Morgan fingerprint density at radius 1 is 0.946 bits per heavy atom. The number of carbonyl (C=O) groups is 4. The molecule has 3 aliphatic rings. The number of anilines is 1. The molecule has 1 N–H and O–H groups in total. The molecule has 9 nitrogen and oxygen atoms in total. The van der Waals surface area contributed by atoms with Gasteiger partial charge in [0.2, 0.25) is 17.7 Å². The second kappa shape index (κ2) is 11.0. The molecule has 0 radical (unpaired) electrons. The maximum Gasteiger partial charge on any atom is 0.255 e. The van der Waals surface area contributed by atoms with Crippen molar-refractivity contribution in [3.63, 3.8) is 0 Å². The Labute approximate surface area is 216 Å². The average Bonchev–Trinajstić information content (AvgIpc) is 3.25. The highest BCUT2D eigenvalue weighted by Gasteiger charge is 2.40.